The summed E-state index contributed by atoms with van der Waals surface area (Å²) in [5, 5.41) is 11.6. The van der Waals surface area contributed by atoms with E-state index in [9.17, 15) is 0 Å². The molecule has 2 aromatic carbocycles. The number of H-pyrrole nitrogens is 1. The molecule has 0 bridgehead atoms. The first-order chi connectivity index (χ1) is 12.6. The molecular weight excluding hydrogens is 326 g/mol. The molecule has 0 unspecified atom stereocenters. The molecule has 7 nitrogen and oxygen atoms in total. The number of aromatic amines is 1. The summed E-state index contributed by atoms with van der Waals surface area (Å²) in [4.78, 5) is 10.2. The summed E-state index contributed by atoms with van der Waals surface area (Å²) in [5.41, 5.74) is 10.9. The Morgan fingerprint density at radius 2 is 1.88 bits per heavy atom. The van der Waals surface area contributed by atoms with Crippen LogP contribution in [0.3, 0.4) is 0 Å². The second-order valence-electron chi connectivity index (χ2n) is 6.22. The third-order valence-corrected chi connectivity index (χ3v) is 4.19. The molecule has 0 amide bonds. The standard InChI is InChI=1S/C19H19N7/c1-26(2)15-5-3-12(4-6-15)16-10-14(9-13-11-22-25-18(13)16)23-17-7-8-21-19(20)24-17/h3-11H,1-2H3,(H,22,25)(H3,20,21,23,24). The van der Waals surface area contributed by atoms with Crippen molar-refractivity contribution >= 4 is 34.0 Å². The number of hydrogen-bond donors (Lipinski definition) is 3. The second kappa shape index (κ2) is 6.36. The lowest BCUT2D eigenvalue weighted by Crippen LogP contribution is -2.07. The molecule has 0 aliphatic heterocycles. The van der Waals surface area contributed by atoms with Crippen molar-refractivity contribution in [1.29, 1.82) is 0 Å². The zero-order valence-electron chi connectivity index (χ0n) is 14.6. The molecule has 0 aliphatic rings. The van der Waals surface area contributed by atoms with Gasteiger partial charge < -0.3 is 16.0 Å². The van der Waals surface area contributed by atoms with Crippen molar-refractivity contribution in [2.24, 2.45) is 0 Å². The summed E-state index contributed by atoms with van der Waals surface area (Å²) in [6.07, 6.45) is 3.44. The first-order valence-electron chi connectivity index (χ1n) is 8.20. The number of rotatable bonds is 4. The molecule has 0 fully saturated rings. The number of anilines is 4. The van der Waals surface area contributed by atoms with E-state index in [1.54, 1.807) is 12.3 Å². The first kappa shape index (κ1) is 15.9. The highest BCUT2D eigenvalue weighted by molar-refractivity contribution is 5.97. The molecule has 2 aromatic heterocycles. The van der Waals surface area contributed by atoms with Crippen LogP contribution in [0.4, 0.5) is 23.1 Å². The van der Waals surface area contributed by atoms with Crippen LogP contribution in [0.25, 0.3) is 22.0 Å². The maximum absolute atomic E-state index is 5.66. The van der Waals surface area contributed by atoms with Gasteiger partial charge in [0.05, 0.1) is 11.7 Å². The van der Waals surface area contributed by atoms with Gasteiger partial charge in [-0.25, -0.2) is 4.98 Å². The van der Waals surface area contributed by atoms with Gasteiger partial charge >= 0.3 is 0 Å². The van der Waals surface area contributed by atoms with Gasteiger partial charge in [-0.05, 0) is 35.9 Å². The molecule has 0 saturated carbocycles. The predicted octanol–water partition coefficient (Wildman–Crippen LogP) is 3.41. The minimum absolute atomic E-state index is 0.235. The fraction of sp³-hybridized carbons (Fsp3) is 0.105. The summed E-state index contributed by atoms with van der Waals surface area (Å²) in [5.74, 6) is 0.883. The van der Waals surface area contributed by atoms with Crippen LogP contribution in [0, 0.1) is 0 Å². The van der Waals surface area contributed by atoms with Crippen molar-refractivity contribution in [3.05, 3.63) is 54.9 Å². The SMILES string of the molecule is CN(C)c1ccc(-c2cc(Nc3ccnc(N)n3)cc3cn[nH]c23)cc1. The topological polar surface area (TPSA) is 95.8 Å². The van der Waals surface area contributed by atoms with E-state index in [-0.39, 0.29) is 5.95 Å². The fourth-order valence-electron chi connectivity index (χ4n) is 2.89. The normalized spacial score (nSPS) is 10.8. The van der Waals surface area contributed by atoms with Gasteiger partial charge in [0.15, 0.2) is 0 Å². The van der Waals surface area contributed by atoms with Gasteiger partial charge in [0.25, 0.3) is 0 Å². The Labute approximate surface area is 150 Å². The zero-order chi connectivity index (χ0) is 18.1. The Balaban J connectivity index is 1.77. The van der Waals surface area contributed by atoms with Gasteiger partial charge in [-0.2, -0.15) is 10.1 Å². The van der Waals surface area contributed by atoms with Crippen molar-refractivity contribution in [3.8, 4) is 11.1 Å². The van der Waals surface area contributed by atoms with Gasteiger partial charge in [-0.15, -0.1) is 0 Å². The number of fused-ring (bicyclic) bond motifs is 1. The van der Waals surface area contributed by atoms with Crippen LogP contribution in [0.1, 0.15) is 0 Å². The zero-order valence-corrected chi connectivity index (χ0v) is 14.6. The average Bonchev–Trinajstić information content (AvgIpc) is 3.09. The van der Waals surface area contributed by atoms with Gasteiger partial charge in [0.1, 0.15) is 5.82 Å². The van der Waals surface area contributed by atoms with E-state index in [2.05, 4.69) is 60.7 Å². The highest BCUT2D eigenvalue weighted by Crippen LogP contribution is 2.32. The number of nitrogen functional groups attached to an aromatic ring is 1. The molecule has 0 spiro atoms. The van der Waals surface area contributed by atoms with Crippen molar-refractivity contribution in [2.45, 2.75) is 0 Å². The van der Waals surface area contributed by atoms with E-state index in [1.165, 1.54) is 0 Å². The molecular formula is C19H19N7. The Hall–Kier alpha value is -3.61. The van der Waals surface area contributed by atoms with Crippen LogP contribution in [-0.4, -0.2) is 34.3 Å². The van der Waals surface area contributed by atoms with Crippen LogP contribution in [-0.2, 0) is 0 Å². The molecule has 0 saturated heterocycles. The van der Waals surface area contributed by atoms with Crippen molar-refractivity contribution in [3.63, 3.8) is 0 Å². The van der Waals surface area contributed by atoms with Gasteiger partial charge in [0.2, 0.25) is 5.95 Å². The van der Waals surface area contributed by atoms with E-state index in [1.807, 2.05) is 26.4 Å². The number of benzene rings is 2. The average molecular weight is 345 g/mol. The third kappa shape index (κ3) is 3.02. The third-order valence-electron chi connectivity index (χ3n) is 4.19. The van der Waals surface area contributed by atoms with Gasteiger partial charge in [0, 0.05) is 42.6 Å². The van der Waals surface area contributed by atoms with Crippen molar-refractivity contribution in [2.75, 3.05) is 30.0 Å². The summed E-state index contributed by atoms with van der Waals surface area (Å²) in [7, 11) is 4.06. The van der Waals surface area contributed by atoms with E-state index in [0.29, 0.717) is 5.82 Å². The quantitative estimate of drug-likeness (QED) is 0.524. The summed E-state index contributed by atoms with van der Waals surface area (Å²) < 4.78 is 0. The lowest BCUT2D eigenvalue weighted by Gasteiger charge is -2.14. The Morgan fingerprint density at radius 1 is 1.08 bits per heavy atom. The number of hydrogen-bond acceptors (Lipinski definition) is 6. The number of aromatic nitrogens is 4. The molecule has 130 valence electrons. The van der Waals surface area contributed by atoms with Gasteiger partial charge in [-0.3, -0.25) is 5.10 Å². The molecule has 4 N–H and O–H groups in total. The van der Waals surface area contributed by atoms with Crippen LogP contribution in [0.15, 0.2) is 54.9 Å². The lowest BCUT2D eigenvalue weighted by molar-refractivity contribution is 1.12. The van der Waals surface area contributed by atoms with E-state index in [0.717, 1.165) is 33.4 Å². The van der Waals surface area contributed by atoms with Crippen molar-refractivity contribution in [1.82, 2.24) is 20.2 Å². The maximum Gasteiger partial charge on any atom is 0.221 e. The first-order valence-corrected chi connectivity index (χ1v) is 8.20. The van der Waals surface area contributed by atoms with Crippen LogP contribution in [0.5, 0.6) is 0 Å². The maximum atomic E-state index is 5.66. The molecule has 4 rings (SSSR count). The summed E-state index contributed by atoms with van der Waals surface area (Å²) >= 11 is 0. The second-order valence-corrected chi connectivity index (χ2v) is 6.22. The number of nitrogens with two attached hydrogens (primary N) is 1. The van der Waals surface area contributed by atoms with E-state index in [4.69, 9.17) is 5.73 Å². The molecule has 2 heterocycles. The molecule has 0 radical (unpaired) electrons. The number of nitrogens with zero attached hydrogens (tertiary/aromatic N) is 4. The Bertz CT molecular complexity index is 1050. The van der Waals surface area contributed by atoms with E-state index >= 15 is 0 Å². The summed E-state index contributed by atoms with van der Waals surface area (Å²) in [6, 6.07) is 14.3. The lowest BCUT2D eigenvalue weighted by atomic mass is 10.0. The minimum Gasteiger partial charge on any atom is -0.378 e. The van der Waals surface area contributed by atoms with Crippen LogP contribution < -0.4 is 16.0 Å². The molecule has 7 heteroatoms. The smallest absolute Gasteiger partial charge is 0.221 e. The molecule has 0 aliphatic carbocycles. The van der Waals surface area contributed by atoms with Crippen LogP contribution >= 0.6 is 0 Å². The monoisotopic (exact) mass is 345 g/mol. The predicted molar refractivity (Wildman–Crippen MR) is 106 cm³/mol. The Kier molecular flexibility index (Phi) is 3.89. The molecule has 0 atom stereocenters. The van der Waals surface area contributed by atoms with E-state index < -0.39 is 0 Å². The van der Waals surface area contributed by atoms with Crippen LogP contribution in [0.2, 0.25) is 0 Å². The summed E-state index contributed by atoms with van der Waals surface area (Å²) in [6.45, 7) is 0. The molecule has 4 aromatic rings. The number of nitrogens with one attached hydrogen (secondary N) is 2. The Morgan fingerprint density at radius 3 is 2.62 bits per heavy atom. The minimum atomic E-state index is 0.235. The van der Waals surface area contributed by atoms with Crippen molar-refractivity contribution < 1.29 is 0 Å². The highest BCUT2D eigenvalue weighted by Gasteiger charge is 2.10. The molecule has 26 heavy (non-hydrogen) atoms. The van der Waals surface area contributed by atoms with Gasteiger partial charge in [-0.1, -0.05) is 12.1 Å². The largest absolute Gasteiger partial charge is 0.378 e. The fourth-order valence-corrected chi connectivity index (χ4v) is 2.89. The highest BCUT2D eigenvalue weighted by atomic mass is 15.1.